The van der Waals surface area contributed by atoms with E-state index in [1.165, 1.54) is 16.3 Å². The van der Waals surface area contributed by atoms with Crippen molar-refractivity contribution in [2.45, 2.75) is 32.4 Å². The number of unbranched alkanes of at least 4 members (excludes halogenated alkanes) is 1. The van der Waals surface area contributed by atoms with Gasteiger partial charge in [0, 0.05) is 12.0 Å². The van der Waals surface area contributed by atoms with Gasteiger partial charge in [-0.1, -0.05) is 42.5 Å². The fourth-order valence-electron chi connectivity index (χ4n) is 2.95. The lowest BCUT2D eigenvalue weighted by atomic mass is 10.0. The van der Waals surface area contributed by atoms with Gasteiger partial charge >= 0.3 is 5.97 Å². The molecule has 4 nitrogen and oxygen atoms in total. The highest BCUT2D eigenvalue weighted by Gasteiger charge is 2.20. The molecular weight excluding hydrogens is 359 g/mol. The summed E-state index contributed by atoms with van der Waals surface area (Å²) in [7, 11) is 0. The van der Waals surface area contributed by atoms with E-state index in [-0.39, 0.29) is 6.42 Å². The van der Waals surface area contributed by atoms with Crippen molar-refractivity contribution >= 4 is 39.9 Å². The summed E-state index contributed by atoms with van der Waals surface area (Å²) in [6.07, 6.45) is 3.42. The van der Waals surface area contributed by atoms with Crippen LogP contribution in [0.3, 0.4) is 0 Å². The zero-order valence-electron chi connectivity index (χ0n) is 13.7. The van der Waals surface area contributed by atoms with Gasteiger partial charge in [-0.3, -0.25) is 4.79 Å². The number of aliphatic carboxylic acids is 1. The van der Waals surface area contributed by atoms with Crippen LogP contribution in [0.4, 0.5) is 0 Å². The van der Waals surface area contributed by atoms with Crippen LogP contribution in [0.1, 0.15) is 24.8 Å². The van der Waals surface area contributed by atoms with Crippen molar-refractivity contribution in [2.24, 2.45) is 0 Å². The molecule has 0 bridgehead atoms. The first-order chi connectivity index (χ1) is 12.1. The highest BCUT2D eigenvalue weighted by Crippen LogP contribution is 2.22. The molecule has 1 heterocycles. The average molecular weight is 378 g/mol. The molecule has 3 aromatic rings. The summed E-state index contributed by atoms with van der Waals surface area (Å²) in [5, 5.41) is 12.1. The van der Waals surface area contributed by atoms with Crippen LogP contribution < -0.4 is 4.57 Å². The van der Waals surface area contributed by atoms with Gasteiger partial charge in [0.05, 0.1) is 6.54 Å². The van der Waals surface area contributed by atoms with E-state index >= 15 is 0 Å². The van der Waals surface area contributed by atoms with Gasteiger partial charge < -0.3 is 5.11 Å². The van der Waals surface area contributed by atoms with Crippen LogP contribution in [-0.2, 0) is 17.9 Å². The van der Waals surface area contributed by atoms with Gasteiger partial charge in [-0.15, -0.1) is 0 Å². The van der Waals surface area contributed by atoms with E-state index in [2.05, 4.69) is 24.3 Å². The number of carboxylic acids is 1. The number of hydrogen-bond donors (Lipinski definition) is 1. The van der Waals surface area contributed by atoms with E-state index in [1.54, 1.807) is 0 Å². The molecule has 1 aromatic heterocycles. The molecule has 0 radical (unpaired) electrons. The molecule has 0 saturated carbocycles. The molecule has 0 aliphatic carbocycles. The Morgan fingerprint density at radius 2 is 1.84 bits per heavy atom. The lowest BCUT2D eigenvalue weighted by Crippen LogP contribution is -2.33. The van der Waals surface area contributed by atoms with Crippen molar-refractivity contribution in [3.8, 4) is 0 Å². The fourth-order valence-corrected chi connectivity index (χ4v) is 3.39. The Labute approximate surface area is 156 Å². The molecule has 0 amide bonds. The molecule has 1 N–H and O–H groups in total. The Balaban J connectivity index is 1.78. The van der Waals surface area contributed by atoms with Crippen LogP contribution in [0.5, 0.6) is 0 Å². The van der Waals surface area contributed by atoms with Gasteiger partial charge in [0.25, 0.3) is 10.3 Å². The molecule has 0 saturated heterocycles. The van der Waals surface area contributed by atoms with Crippen LogP contribution in [-0.4, -0.2) is 15.6 Å². The number of aryl methyl sites for hydroxylation is 1. The molecule has 2 aromatic carbocycles. The Morgan fingerprint density at radius 3 is 2.64 bits per heavy atom. The topological polar surface area (TPSA) is 46.1 Å². The maximum Gasteiger partial charge on any atom is 0.303 e. The van der Waals surface area contributed by atoms with Gasteiger partial charge in [-0.25, -0.2) is 9.13 Å². The zero-order valence-corrected chi connectivity index (χ0v) is 15.2. The summed E-state index contributed by atoms with van der Waals surface area (Å²) in [6.45, 7) is 1.27. The third-order valence-electron chi connectivity index (χ3n) is 4.21. The van der Waals surface area contributed by atoms with Gasteiger partial charge in [-0.2, -0.15) is 0 Å². The summed E-state index contributed by atoms with van der Waals surface area (Å²) >= 11 is 12.7. The first-order valence-electron chi connectivity index (χ1n) is 8.18. The highest BCUT2D eigenvalue weighted by atomic mass is 35.5. The Bertz CT molecular complexity index is 900. The third kappa shape index (κ3) is 4.14. The largest absolute Gasteiger partial charge is 0.481 e. The fraction of sp³-hybridized carbons (Fsp3) is 0.263. The number of benzene rings is 2. The second kappa shape index (κ2) is 7.89. The summed E-state index contributed by atoms with van der Waals surface area (Å²) in [5.41, 5.74) is 1.17. The molecule has 25 heavy (non-hydrogen) atoms. The number of carbonyl (C=O) groups is 1. The maximum absolute atomic E-state index is 10.6. The van der Waals surface area contributed by atoms with Gasteiger partial charge in [0.1, 0.15) is 6.54 Å². The minimum Gasteiger partial charge on any atom is -0.481 e. The van der Waals surface area contributed by atoms with Crippen molar-refractivity contribution in [1.29, 1.82) is 0 Å². The van der Waals surface area contributed by atoms with Gasteiger partial charge in [-0.05, 0) is 46.8 Å². The maximum atomic E-state index is 10.6. The average Bonchev–Trinajstić information content (AvgIpc) is 2.87. The molecular formula is C19H19Cl2N2O2+. The summed E-state index contributed by atoms with van der Waals surface area (Å²) in [5.74, 6) is -0.775. The second-order valence-corrected chi connectivity index (χ2v) is 6.72. The number of fused-ring (bicyclic) bond motifs is 1. The van der Waals surface area contributed by atoms with Crippen molar-refractivity contribution in [3.63, 3.8) is 0 Å². The van der Waals surface area contributed by atoms with Crippen molar-refractivity contribution in [2.75, 3.05) is 0 Å². The van der Waals surface area contributed by atoms with Crippen LogP contribution >= 0.6 is 23.2 Å². The molecule has 0 fully saturated rings. The first-order valence-corrected chi connectivity index (χ1v) is 8.94. The van der Waals surface area contributed by atoms with Crippen LogP contribution in [0.15, 0.2) is 48.8 Å². The van der Waals surface area contributed by atoms with Crippen molar-refractivity contribution < 1.29 is 14.5 Å². The Morgan fingerprint density at radius 1 is 1.08 bits per heavy atom. The molecule has 0 aliphatic rings. The normalized spacial score (nSPS) is 11.1. The van der Waals surface area contributed by atoms with Gasteiger partial charge in [0.15, 0.2) is 0 Å². The van der Waals surface area contributed by atoms with Crippen LogP contribution in [0.2, 0.25) is 10.3 Å². The smallest absolute Gasteiger partial charge is 0.303 e. The van der Waals surface area contributed by atoms with E-state index in [9.17, 15) is 4.79 Å². The van der Waals surface area contributed by atoms with E-state index in [4.69, 9.17) is 28.3 Å². The Hall–Kier alpha value is -2.04. The molecule has 0 spiro atoms. The molecule has 0 unspecified atom stereocenters. The van der Waals surface area contributed by atoms with E-state index in [1.807, 2.05) is 33.7 Å². The SMILES string of the molecule is O=C(O)CCCCn1c[n+](Cc2cccc3ccccc23)c(Cl)c1Cl. The number of hydrogen-bond acceptors (Lipinski definition) is 1. The lowest BCUT2D eigenvalue weighted by Gasteiger charge is -2.04. The van der Waals surface area contributed by atoms with Crippen molar-refractivity contribution in [1.82, 2.24) is 4.57 Å². The number of nitrogens with zero attached hydrogens (tertiary/aromatic N) is 2. The zero-order chi connectivity index (χ0) is 17.8. The standard InChI is InChI=1S/C19H18Cl2N2O2/c20-18-19(21)23(13-22(18)11-4-3-10-17(24)25)12-15-8-5-7-14-6-1-2-9-16(14)15/h1-2,5-9,13H,3-4,10-12H2/p+1. The lowest BCUT2D eigenvalue weighted by molar-refractivity contribution is -0.685. The second-order valence-electron chi connectivity index (χ2n) is 6.01. The Kier molecular flexibility index (Phi) is 5.61. The summed E-state index contributed by atoms with van der Waals surface area (Å²) < 4.78 is 3.79. The quantitative estimate of drug-likeness (QED) is 0.485. The predicted molar refractivity (Wildman–Crippen MR) is 99.2 cm³/mol. The van der Waals surface area contributed by atoms with Gasteiger partial charge in [0.2, 0.25) is 6.33 Å². The van der Waals surface area contributed by atoms with E-state index < -0.39 is 5.97 Å². The number of rotatable bonds is 7. The van der Waals surface area contributed by atoms with Crippen LogP contribution in [0, 0.1) is 0 Å². The molecule has 0 aliphatic heterocycles. The summed E-state index contributed by atoms with van der Waals surface area (Å²) in [6, 6.07) is 14.5. The minimum absolute atomic E-state index is 0.169. The summed E-state index contributed by atoms with van der Waals surface area (Å²) in [4.78, 5) is 10.6. The first kappa shape index (κ1) is 17.8. The van der Waals surface area contributed by atoms with Crippen molar-refractivity contribution in [3.05, 3.63) is 64.7 Å². The number of aromatic nitrogens is 2. The monoisotopic (exact) mass is 377 g/mol. The molecule has 3 rings (SSSR count). The highest BCUT2D eigenvalue weighted by molar-refractivity contribution is 6.39. The third-order valence-corrected chi connectivity index (χ3v) is 5.10. The van der Waals surface area contributed by atoms with E-state index in [0.717, 1.165) is 6.42 Å². The van der Waals surface area contributed by atoms with E-state index in [0.29, 0.717) is 29.8 Å². The number of imidazole rings is 1. The predicted octanol–water partition coefficient (Wildman–Crippen LogP) is 4.54. The molecule has 0 atom stereocenters. The molecule has 6 heteroatoms. The number of carboxylic acid groups (broad SMARTS) is 1. The number of halogens is 2. The minimum atomic E-state index is -0.775. The van der Waals surface area contributed by atoms with Crippen LogP contribution in [0.25, 0.3) is 10.8 Å². The molecule has 130 valence electrons.